The lowest BCUT2D eigenvalue weighted by Crippen LogP contribution is -2.41. The molecule has 0 heterocycles. The number of para-hydroxylation sites is 1. The minimum atomic E-state index is -3.93. The lowest BCUT2D eigenvalue weighted by Gasteiger charge is -2.31. The van der Waals surface area contributed by atoms with E-state index in [1.165, 1.54) is 22.5 Å². The quantitative estimate of drug-likeness (QED) is 0.330. The first kappa shape index (κ1) is 23.6. The smallest absolute Gasteiger partial charge is 0.258 e. The molecule has 1 aromatic rings. The van der Waals surface area contributed by atoms with Crippen molar-refractivity contribution in [2.45, 2.75) is 83.6 Å². The summed E-state index contributed by atoms with van der Waals surface area (Å²) >= 11 is 0. The molecule has 154 valence electrons. The van der Waals surface area contributed by atoms with Gasteiger partial charge in [-0.25, -0.2) is 8.42 Å². The second-order valence-electron chi connectivity index (χ2n) is 7.23. The van der Waals surface area contributed by atoms with Crippen molar-refractivity contribution in [2.24, 2.45) is 5.92 Å². The average Bonchev–Trinajstić information content (AvgIpc) is 2.65. The molecule has 2 unspecified atom stereocenters. The highest BCUT2D eigenvalue weighted by atomic mass is 32.2. The molecule has 7 heteroatoms. The van der Waals surface area contributed by atoms with Gasteiger partial charge >= 0.3 is 0 Å². The van der Waals surface area contributed by atoms with Gasteiger partial charge in [0.25, 0.3) is 5.69 Å². The molecule has 0 amide bonds. The zero-order chi connectivity index (χ0) is 20.4. The zero-order valence-electron chi connectivity index (χ0n) is 17.1. The zero-order valence-corrected chi connectivity index (χ0v) is 17.9. The third kappa shape index (κ3) is 6.57. The lowest BCUT2D eigenvalue weighted by molar-refractivity contribution is -0.387. The van der Waals surface area contributed by atoms with E-state index in [-0.39, 0.29) is 16.6 Å². The number of benzene rings is 1. The van der Waals surface area contributed by atoms with Crippen LogP contribution in [-0.2, 0) is 10.0 Å². The van der Waals surface area contributed by atoms with Crippen LogP contribution in [0.3, 0.4) is 0 Å². The molecule has 0 aliphatic heterocycles. The largest absolute Gasteiger partial charge is 0.289 e. The van der Waals surface area contributed by atoms with E-state index in [0.717, 1.165) is 44.9 Å². The molecule has 0 fully saturated rings. The van der Waals surface area contributed by atoms with E-state index >= 15 is 0 Å². The summed E-state index contributed by atoms with van der Waals surface area (Å²) in [5.41, 5.74) is -0.351. The van der Waals surface area contributed by atoms with Gasteiger partial charge in [0.05, 0.1) is 4.92 Å². The van der Waals surface area contributed by atoms with Gasteiger partial charge in [-0.2, -0.15) is 4.31 Å². The van der Waals surface area contributed by atoms with Crippen LogP contribution < -0.4 is 0 Å². The fourth-order valence-corrected chi connectivity index (χ4v) is 5.09. The van der Waals surface area contributed by atoms with Crippen molar-refractivity contribution in [2.75, 3.05) is 6.54 Å². The van der Waals surface area contributed by atoms with E-state index in [1.54, 1.807) is 6.07 Å². The number of nitrogens with zero attached hydrogens (tertiary/aromatic N) is 2. The Morgan fingerprint density at radius 3 is 2.30 bits per heavy atom. The number of rotatable bonds is 13. The fourth-order valence-electron chi connectivity index (χ4n) is 3.21. The van der Waals surface area contributed by atoms with Crippen molar-refractivity contribution < 1.29 is 13.3 Å². The van der Waals surface area contributed by atoms with Crippen LogP contribution in [0.15, 0.2) is 29.2 Å². The van der Waals surface area contributed by atoms with Crippen molar-refractivity contribution in [3.8, 4) is 0 Å². The lowest BCUT2D eigenvalue weighted by atomic mass is 9.97. The summed E-state index contributed by atoms with van der Waals surface area (Å²) in [6, 6.07) is 5.54. The number of unbranched alkanes of at least 4 members (excludes halogenated alkanes) is 1. The predicted octanol–water partition coefficient (Wildman–Crippen LogP) is 5.38. The van der Waals surface area contributed by atoms with E-state index in [2.05, 4.69) is 13.8 Å². The van der Waals surface area contributed by atoms with E-state index in [1.807, 2.05) is 13.8 Å². The molecule has 0 bridgehead atoms. The Morgan fingerprint density at radius 2 is 1.74 bits per heavy atom. The predicted molar refractivity (Wildman–Crippen MR) is 109 cm³/mol. The van der Waals surface area contributed by atoms with Crippen molar-refractivity contribution in [1.82, 2.24) is 4.31 Å². The Morgan fingerprint density at radius 1 is 1.07 bits per heavy atom. The standard InChI is InChI=1S/C20H34N2O4S/c1-5-8-16-21(18(11-6-2)15-14-17(4)7-3)27(25,26)20-13-10-9-12-19(20)22(23)24/h9-10,12-13,17-18H,5-8,11,14-16H2,1-4H3. The molecule has 1 aromatic carbocycles. The van der Waals surface area contributed by atoms with Crippen LogP contribution in [-0.4, -0.2) is 30.2 Å². The van der Waals surface area contributed by atoms with Crippen LogP contribution >= 0.6 is 0 Å². The van der Waals surface area contributed by atoms with Crippen LogP contribution in [0.1, 0.15) is 72.6 Å². The van der Waals surface area contributed by atoms with E-state index in [9.17, 15) is 18.5 Å². The molecule has 0 saturated heterocycles. The van der Waals surface area contributed by atoms with Crippen LogP contribution in [0.2, 0.25) is 0 Å². The molecule has 0 aliphatic carbocycles. The SMILES string of the molecule is CCCCN(C(CCC)CCC(C)CC)S(=O)(=O)c1ccccc1[N+](=O)[O-]. The average molecular weight is 399 g/mol. The Kier molecular flexibility index (Phi) is 9.94. The van der Waals surface area contributed by atoms with Crippen LogP contribution in [0, 0.1) is 16.0 Å². The van der Waals surface area contributed by atoms with E-state index in [4.69, 9.17) is 0 Å². The highest BCUT2D eigenvalue weighted by Crippen LogP contribution is 2.30. The van der Waals surface area contributed by atoms with Gasteiger partial charge in [0.2, 0.25) is 10.0 Å². The molecule has 0 radical (unpaired) electrons. The molecular weight excluding hydrogens is 364 g/mol. The van der Waals surface area contributed by atoms with Crippen LogP contribution in [0.25, 0.3) is 0 Å². The first-order valence-electron chi connectivity index (χ1n) is 10.0. The van der Waals surface area contributed by atoms with Crippen LogP contribution in [0.5, 0.6) is 0 Å². The Balaban J connectivity index is 3.31. The summed E-state index contributed by atoms with van der Waals surface area (Å²) in [6.07, 6.45) is 6.05. The second kappa shape index (κ2) is 11.4. The molecule has 0 saturated carbocycles. The van der Waals surface area contributed by atoms with Crippen LogP contribution in [0.4, 0.5) is 5.69 Å². The summed E-state index contributed by atoms with van der Waals surface area (Å²) in [5.74, 6) is 0.533. The van der Waals surface area contributed by atoms with Gasteiger partial charge < -0.3 is 0 Å². The highest BCUT2D eigenvalue weighted by molar-refractivity contribution is 7.89. The molecule has 0 aromatic heterocycles. The monoisotopic (exact) mass is 398 g/mol. The highest BCUT2D eigenvalue weighted by Gasteiger charge is 2.35. The maximum Gasteiger partial charge on any atom is 0.289 e. The molecular formula is C20H34N2O4S. The number of hydrogen-bond donors (Lipinski definition) is 0. The number of nitro benzene ring substituents is 1. The molecule has 27 heavy (non-hydrogen) atoms. The summed E-state index contributed by atoms with van der Waals surface area (Å²) < 4.78 is 28.4. The topological polar surface area (TPSA) is 80.5 Å². The minimum absolute atomic E-state index is 0.125. The summed E-state index contributed by atoms with van der Waals surface area (Å²) in [5, 5.41) is 11.4. The van der Waals surface area contributed by atoms with Gasteiger partial charge in [0, 0.05) is 18.7 Å². The van der Waals surface area contributed by atoms with Gasteiger partial charge in [0.1, 0.15) is 0 Å². The number of nitro groups is 1. The second-order valence-corrected chi connectivity index (χ2v) is 9.09. The normalized spacial score (nSPS) is 14.3. The Labute approximate surface area is 164 Å². The minimum Gasteiger partial charge on any atom is -0.258 e. The van der Waals surface area contributed by atoms with Gasteiger partial charge in [0.15, 0.2) is 4.90 Å². The van der Waals surface area contributed by atoms with E-state index in [0.29, 0.717) is 12.5 Å². The summed E-state index contributed by atoms with van der Waals surface area (Å²) in [7, 11) is -3.93. The third-order valence-electron chi connectivity index (χ3n) is 5.10. The first-order chi connectivity index (χ1) is 12.8. The van der Waals surface area contributed by atoms with Gasteiger partial charge in [-0.15, -0.1) is 0 Å². The van der Waals surface area contributed by atoms with Gasteiger partial charge in [-0.05, 0) is 37.7 Å². The fraction of sp³-hybridized carbons (Fsp3) is 0.700. The summed E-state index contributed by atoms with van der Waals surface area (Å²) in [4.78, 5) is 10.6. The molecule has 6 nitrogen and oxygen atoms in total. The van der Waals surface area contributed by atoms with Crippen molar-refractivity contribution in [3.05, 3.63) is 34.4 Å². The maximum atomic E-state index is 13.4. The summed E-state index contributed by atoms with van der Waals surface area (Å²) in [6.45, 7) is 8.78. The molecule has 0 aliphatic rings. The third-order valence-corrected chi connectivity index (χ3v) is 7.10. The van der Waals surface area contributed by atoms with E-state index < -0.39 is 14.9 Å². The Bertz CT molecular complexity index is 691. The van der Waals surface area contributed by atoms with Gasteiger partial charge in [-0.3, -0.25) is 10.1 Å². The maximum absolute atomic E-state index is 13.4. The number of sulfonamides is 1. The van der Waals surface area contributed by atoms with Crippen molar-refractivity contribution >= 4 is 15.7 Å². The molecule has 2 atom stereocenters. The molecule has 0 spiro atoms. The molecule has 1 rings (SSSR count). The number of hydrogen-bond acceptors (Lipinski definition) is 4. The van der Waals surface area contributed by atoms with Gasteiger partial charge in [-0.1, -0.05) is 59.1 Å². The van der Waals surface area contributed by atoms with Crippen molar-refractivity contribution in [3.63, 3.8) is 0 Å². The first-order valence-corrected chi connectivity index (χ1v) is 11.5. The Hall–Kier alpha value is -1.47. The molecule has 0 N–H and O–H groups in total. The van der Waals surface area contributed by atoms with Crippen molar-refractivity contribution in [1.29, 1.82) is 0 Å².